The average molecular weight is 385 g/mol. The van der Waals surface area contributed by atoms with Gasteiger partial charge in [0.25, 0.3) is 5.91 Å². The van der Waals surface area contributed by atoms with E-state index in [2.05, 4.69) is 20.8 Å². The highest BCUT2D eigenvalue weighted by molar-refractivity contribution is 6.34. The van der Waals surface area contributed by atoms with Crippen LogP contribution in [0.2, 0.25) is 5.02 Å². The molecule has 0 atom stereocenters. The van der Waals surface area contributed by atoms with Gasteiger partial charge in [0, 0.05) is 11.3 Å². The van der Waals surface area contributed by atoms with Crippen LogP contribution < -0.4 is 10.6 Å². The van der Waals surface area contributed by atoms with Crippen LogP contribution >= 0.6 is 11.6 Å². The lowest BCUT2D eigenvalue weighted by molar-refractivity contribution is 0.101. The van der Waals surface area contributed by atoms with Crippen molar-refractivity contribution in [1.29, 1.82) is 0 Å². The number of anilines is 3. The first-order valence-electron chi connectivity index (χ1n) is 7.91. The van der Waals surface area contributed by atoms with Gasteiger partial charge in [-0.05, 0) is 55.5 Å². The van der Waals surface area contributed by atoms with E-state index in [-0.39, 0.29) is 22.2 Å². The van der Waals surface area contributed by atoms with Crippen LogP contribution in [0.4, 0.5) is 21.7 Å². The fourth-order valence-electron chi connectivity index (χ4n) is 2.30. The molecular formula is C19H14ClFN4O2. The minimum Gasteiger partial charge on any atom is -0.339 e. The van der Waals surface area contributed by atoms with Crippen LogP contribution in [0.1, 0.15) is 27.6 Å². The van der Waals surface area contributed by atoms with Gasteiger partial charge in [-0.25, -0.2) is 4.39 Å². The molecular weight excluding hydrogens is 371 g/mol. The first-order valence-corrected chi connectivity index (χ1v) is 8.29. The summed E-state index contributed by atoms with van der Waals surface area (Å²) in [6.45, 7) is 1.50. The van der Waals surface area contributed by atoms with E-state index in [0.29, 0.717) is 11.4 Å². The highest BCUT2D eigenvalue weighted by Crippen LogP contribution is 2.21. The highest BCUT2D eigenvalue weighted by atomic mass is 35.5. The van der Waals surface area contributed by atoms with Gasteiger partial charge >= 0.3 is 0 Å². The maximum absolute atomic E-state index is 13.8. The van der Waals surface area contributed by atoms with Gasteiger partial charge in [0.1, 0.15) is 5.82 Å². The number of nitrogens with zero attached hydrogens (tertiary/aromatic N) is 2. The van der Waals surface area contributed by atoms with Gasteiger partial charge < -0.3 is 10.6 Å². The Balaban J connectivity index is 1.68. The molecule has 0 aliphatic rings. The van der Waals surface area contributed by atoms with Gasteiger partial charge in [-0.2, -0.15) is 0 Å². The van der Waals surface area contributed by atoms with Crippen molar-refractivity contribution >= 4 is 40.6 Å². The maximum Gasteiger partial charge on any atom is 0.261 e. The van der Waals surface area contributed by atoms with E-state index in [0.717, 1.165) is 11.8 Å². The molecule has 2 aromatic carbocycles. The minimum atomic E-state index is -0.722. The zero-order valence-corrected chi connectivity index (χ0v) is 14.9. The van der Waals surface area contributed by atoms with Crippen LogP contribution in [0.25, 0.3) is 0 Å². The van der Waals surface area contributed by atoms with Crippen molar-refractivity contribution in [3.05, 3.63) is 76.6 Å². The van der Waals surface area contributed by atoms with Crippen molar-refractivity contribution in [2.24, 2.45) is 0 Å². The third-order valence-electron chi connectivity index (χ3n) is 3.66. The summed E-state index contributed by atoms with van der Waals surface area (Å²) in [7, 11) is 0. The third-order valence-corrected chi connectivity index (χ3v) is 3.97. The quantitative estimate of drug-likeness (QED) is 0.634. The molecule has 1 heterocycles. The lowest BCUT2D eigenvalue weighted by Crippen LogP contribution is -2.15. The lowest BCUT2D eigenvalue weighted by Gasteiger charge is -2.08. The number of carbonyl (C=O) groups is 2. The SMILES string of the molecule is CC(=O)c1ccc(Nc2ccc(NC(=O)c3c(F)cccc3Cl)nn2)cc1. The molecule has 0 spiro atoms. The number of ketones is 1. The number of nitrogens with one attached hydrogen (secondary N) is 2. The van der Waals surface area contributed by atoms with Crippen LogP contribution in [0, 0.1) is 5.82 Å². The van der Waals surface area contributed by atoms with Crippen LogP contribution in [-0.4, -0.2) is 21.9 Å². The molecule has 8 heteroatoms. The van der Waals surface area contributed by atoms with Crippen molar-refractivity contribution in [2.45, 2.75) is 6.92 Å². The Labute approximate surface area is 159 Å². The van der Waals surface area contributed by atoms with Gasteiger partial charge in [-0.15, -0.1) is 10.2 Å². The van der Waals surface area contributed by atoms with E-state index in [4.69, 9.17) is 11.6 Å². The second-order valence-corrected chi connectivity index (χ2v) is 6.02. The standard InChI is InChI=1S/C19H14ClFN4O2/c1-11(26)12-5-7-13(8-6-12)22-16-9-10-17(25-24-16)23-19(27)18-14(20)3-2-4-15(18)21/h2-10H,1H3,(H,22,24)(H,23,25,27). The van der Waals surface area contributed by atoms with Gasteiger partial charge in [0.2, 0.25) is 0 Å². The summed E-state index contributed by atoms with van der Waals surface area (Å²) >= 11 is 5.87. The van der Waals surface area contributed by atoms with E-state index in [9.17, 15) is 14.0 Å². The Hall–Kier alpha value is -3.32. The van der Waals surface area contributed by atoms with E-state index < -0.39 is 11.7 Å². The fourth-order valence-corrected chi connectivity index (χ4v) is 2.54. The molecule has 3 rings (SSSR count). The molecule has 0 radical (unpaired) electrons. The van der Waals surface area contributed by atoms with E-state index in [1.165, 1.54) is 25.1 Å². The Morgan fingerprint density at radius 3 is 2.22 bits per heavy atom. The predicted molar refractivity (Wildman–Crippen MR) is 101 cm³/mol. The van der Waals surface area contributed by atoms with Crippen LogP contribution in [0.3, 0.4) is 0 Å². The normalized spacial score (nSPS) is 10.3. The van der Waals surface area contributed by atoms with Crippen molar-refractivity contribution in [1.82, 2.24) is 10.2 Å². The summed E-state index contributed by atoms with van der Waals surface area (Å²) < 4.78 is 13.8. The largest absolute Gasteiger partial charge is 0.339 e. The number of benzene rings is 2. The number of aromatic nitrogens is 2. The topological polar surface area (TPSA) is 84.0 Å². The molecule has 27 heavy (non-hydrogen) atoms. The molecule has 3 aromatic rings. The molecule has 6 nitrogen and oxygen atoms in total. The number of rotatable bonds is 5. The molecule has 0 saturated carbocycles. The average Bonchev–Trinajstić information content (AvgIpc) is 2.63. The van der Waals surface area contributed by atoms with Crippen molar-refractivity contribution in [2.75, 3.05) is 10.6 Å². The zero-order chi connectivity index (χ0) is 19.4. The summed E-state index contributed by atoms with van der Waals surface area (Å²) in [5.41, 5.74) is 1.08. The Kier molecular flexibility index (Phi) is 5.42. The van der Waals surface area contributed by atoms with Crippen LogP contribution in [-0.2, 0) is 0 Å². The third kappa shape index (κ3) is 4.45. The van der Waals surface area contributed by atoms with Crippen LogP contribution in [0.15, 0.2) is 54.6 Å². The number of carbonyl (C=O) groups excluding carboxylic acids is 2. The van der Waals surface area contributed by atoms with Crippen molar-refractivity contribution in [3.8, 4) is 0 Å². The Bertz CT molecular complexity index is 971. The molecule has 0 aliphatic heterocycles. The molecule has 136 valence electrons. The fraction of sp³-hybridized carbons (Fsp3) is 0.0526. The van der Waals surface area contributed by atoms with E-state index in [1.807, 2.05) is 0 Å². The lowest BCUT2D eigenvalue weighted by atomic mass is 10.1. The molecule has 0 saturated heterocycles. The zero-order valence-electron chi connectivity index (χ0n) is 14.2. The minimum absolute atomic E-state index is 0.00718. The summed E-state index contributed by atoms with van der Waals surface area (Å²) in [5.74, 6) is -0.867. The predicted octanol–water partition coefficient (Wildman–Crippen LogP) is 4.47. The molecule has 0 fully saturated rings. The molecule has 0 aliphatic carbocycles. The number of hydrogen-bond acceptors (Lipinski definition) is 5. The molecule has 1 aromatic heterocycles. The monoisotopic (exact) mass is 384 g/mol. The molecule has 2 N–H and O–H groups in total. The number of amides is 1. The first-order chi connectivity index (χ1) is 12.9. The summed E-state index contributed by atoms with van der Waals surface area (Å²) in [6, 6.07) is 14.0. The van der Waals surface area contributed by atoms with E-state index >= 15 is 0 Å². The second kappa shape index (κ2) is 7.92. The summed E-state index contributed by atoms with van der Waals surface area (Å²) in [6.07, 6.45) is 0. The molecule has 0 bridgehead atoms. The molecule has 1 amide bonds. The van der Waals surface area contributed by atoms with Gasteiger partial charge in [-0.1, -0.05) is 17.7 Å². The van der Waals surface area contributed by atoms with Gasteiger partial charge in [0.15, 0.2) is 17.4 Å². The maximum atomic E-state index is 13.8. The summed E-state index contributed by atoms with van der Waals surface area (Å²) in [5, 5.41) is 13.3. The highest BCUT2D eigenvalue weighted by Gasteiger charge is 2.16. The number of halogens is 2. The van der Waals surface area contributed by atoms with Crippen molar-refractivity contribution < 1.29 is 14.0 Å². The van der Waals surface area contributed by atoms with Crippen LogP contribution in [0.5, 0.6) is 0 Å². The van der Waals surface area contributed by atoms with Gasteiger partial charge in [0.05, 0.1) is 10.6 Å². The number of Topliss-reactive ketones (excluding diaryl/α,β-unsaturated/α-hetero) is 1. The number of hydrogen-bond donors (Lipinski definition) is 2. The molecule has 0 unspecified atom stereocenters. The van der Waals surface area contributed by atoms with Gasteiger partial charge in [-0.3, -0.25) is 9.59 Å². The Morgan fingerprint density at radius 2 is 1.63 bits per heavy atom. The summed E-state index contributed by atoms with van der Waals surface area (Å²) in [4.78, 5) is 23.4. The van der Waals surface area contributed by atoms with Crippen molar-refractivity contribution in [3.63, 3.8) is 0 Å². The Morgan fingerprint density at radius 1 is 0.963 bits per heavy atom. The van der Waals surface area contributed by atoms with E-state index in [1.54, 1.807) is 30.3 Å². The second-order valence-electron chi connectivity index (χ2n) is 5.61. The smallest absolute Gasteiger partial charge is 0.261 e. The first kappa shape index (κ1) is 18.5.